The van der Waals surface area contributed by atoms with E-state index in [0.717, 1.165) is 25.0 Å². The first-order chi connectivity index (χ1) is 5.74. The molecule has 1 aliphatic rings. The molecule has 2 atom stereocenters. The molecule has 0 amide bonds. The van der Waals surface area contributed by atoms with Gasteiger partial charge >= 0.3 is 0 Å². The second kappa shape index (κ2) is 4.83. The van der Waals surface area contributed by atoms with E-state index in [9.17, 15) is 0 Å². The maximum Gasteiger partial charge on any atom is 0.0108 e. The first-order valence-corrected chi connectivity index (χ1v) is 5.18. The van der Waals surface area contributed by atoms with E-state index in [1.165, 1.54) is 25.8 Å². The van der Waals surface area contributed by atoms with Crippen LogP contribution in [0.2, 0.25) is 0 Å². The van der Waals surface area contributed by atoms with Gasteiger partial charge < -0.3 is 5.73 Å². The highest BCUT2D eigenvalue weighted by atomic mass is 15.2. The maximum atomic E-state index is 5.58. The minimum atomic E-state index is 0.749. The smallest absolute Gasteiger partial charge is 0.0108 e. The molecule has 1 fully saturated rings. The second-order valence-electron chi connectivity index (χ2n) is 4.17. The molecule has 2 nitrogen and oxygen atoms in total. The molecule has 1 saturated heterocycles. The van der Waals surface area contributed by atoms with Crippen LogP contribution < -0.4 is 5.73 Å². The lowest BCUT2D eigenvalue weighted by atomic mass is 10.1. The molecule has 0 radical (unpaired) electrons. The van der Waals surface area contributed by atoms with Crippen molar-refractivity contribution >= 4 is 0 Å². The van der Waals surface area contributed by atoms with E-state index in [0.29, 0.717) is 0 Å². The number of likely N-dealkylation sites (tertiary alicyclic amines) is 1. The van der Waals surface area contributed by atoms with Gasteiger partial charge in [0.05, 0.1) is 0 Å². The van der Waals surface area contributed by atoms with Crippen LogP contribution in [0.15, 0.2) is 0 Å². The van der Waals surface area contributed by atoms with Crippen LogP contribution in [0, 0.1) is 5.92 Å². The highest BCUT2D eigenvalue weighted by Gasteiger charge is 2.19. The molecule has 0 aliphatic carbocycles. The third-order valence-electron chi connectivity index (χ3n) is 2.90. The standard InChI is InChI=1S/C10H22N2/c1-9-4-3-5-10(2)12(8-9)7-6-11/h9-10H,3-8,11H2,1-2H3. The largest absolute Gasteiger partial charge is 0.329 e. The number of nitrogens with two attached hydrogens (primary N) is 1. The van der Waals surface area contributed by atoms with Crippen LogP contribution in [0.25, 0.3) is 0 Å². The molecule has 12 heavy (non-hydrogen) atoms. The van der Waals surface area contributed by atoms with E-state index >= 15 is 0 Å². The summed E-state index contributed by atoms with van der Waals surface area (Å²) in [6, 6.07) is 0.749. The molecule has 2 N–H and O–H groups in total. The lowest BCUT2D eigenvalue weighted by Gasteiger charge is -2.27. The summed E-state index contributed by atoms with van der Waals surface area (Å²) in [4.78, 5) is 2.54. The zero-order valence-corrected chi connectivity index (χ0v) is 8.42. The summed E-state index contributed by atoms with van der Waals surface area (Å²) in [7, 11) is 0. The topological polar surface area (TPSA) is 29.3 Å². The Balaban J connectivity index is 2.42. The molecule has 0 aromatic rings. The SMILES string of the molecule is CC1CCCC(C)N(CCN)C1. The van der Waals surface area contributed by atoms with E-state index in [4.69, 9.17) is 5.73 Å². The van der Waals surface area contributed by atoms with Crippen molar-refractivity contribution in [1.82, 2.24) is 4.90 Å². The third kappa shape index (κ3) is 2.76. The molecule has 2 unspecified atom stereocenters. The molecule has 0 spiro atoms. The summed E-state index contributed by atoms with van der Waals surface area (Å²) in [5, 5.41) is 0. The van der Waals surface area contributed by atoms with Crippen molar-refractivity contribution in [2.45, 2.75) is 39.2 Å². The Kier molecular flexibility index (Phi) is 4.02. The summed E-state index contributed by atoms with van der Waals surface area (Å²) in [5.41, 5.74) is 5.58. The summed E-state index contributed by atoms with van der Waals surface area (Å²) < 4.78 is 0. The van der Waals surface area contributed by atoms with Crippen LogP contribution in [0.3, 0.4) is 0 Å². The molecule has 2 heteroatoms. The van der Waals surface area contributed by atoms with Gasteiger partial charge in [0.1, 0.15) is 0 Å². The second-order valence-corrected chi connectivity index (χ2v) is 4.17. The Morgan fingerprint density at radius 1 is 1.33 bits per heavy atom. The number of hydrogen-bond acceptors (Lipinski definition) is 2. The number of nitrogens with zero attached hydrogens (tertiary/aromatic N) is 1. The predicted molar refractivity (Wildman–Crippen MR) is 53.1 cm³/mol. The molecule has 0 aromatic heterocycles. The van der Waals surface area contributed by atoms with Crippen molar-refractivity contribution in [2.24, 2.45) is 11.7 Å². The van der Waals surface area contributed by atoms with Crippen molar-refractivity contribution < 1.29 is 0 Å². The lowest BCUT2D eigenvalue weighted by Crippen LogP contribution is -2.38. The van der Waals surface area contributed by atoms with Gasteiger partial charge in [0, 0.05) is 25.7 Å². The Labute approximate surface area is 76.1 Å². The van der Waals surface area contributed by atoms with E-state index in [1.807, 2.05) is 0 Å². The van der Waals surface area contributed by atoms with Crippen LogP contribution in [-0.2, 0) is 0 Å². The fraction of sp³-hybridized carbons (Fsp3) is 1.00. The normalized spacial score (nSPS) is 33.2. The predicted octanol–water partition coefficient (Wildman–Crippen LogP) is 1.46. The molecule has 1 heterocycles. The van der Waals surface area contributed by atoms with Crippen molar-refractivity contribution in [3.05, 3.63) is 0 Å². The van der Waals surface area contributed by atoms with Crippen LogP contribution in [0.5, 0.6) is 0 Å². The number of rotatable bonds is 2. The van der Waals surface area contributed by atoms with E-state index in [1.54, 1.807) is 0 Å². The first kappa shape index (κ1) is 10.0. The molecular formula is C10H22N2. The Morgan fingerprint density at radius 2 is 2.08 bits per heavy atom. The van der Waals surface area contributed by atoms with Crippen LogP contribution in [0.1, 0.15) is 33.1 Å². The molecule has 1 rings (SSSR count). The van der Waals surface area contributed by atoms with E-state index in [2.05, 4.69) is 18.7 Å². The van der Waals surface area contributed by atoms with Crippen molar-refractivity contribution in [3.63, 3.8) is 0 Å². The monoisotopic (exact) mass is 170 g/mol. The maximum absolute atomic E-state index is 5.58. The fourth-order valence-electron chi connectivity index (χ4n) is 2.09. The van der Waals surface area contributed by atoms with Gasteiger partial charge in [0.15, 0.2) is 0 Å². The molecule has 1 aliphatic heterocycles. The average molecular weight is 170 g/mol. The molecular weight excluding hydrogens is 148 g/mol. The van der Waals surface area contributed by atoms with Crippen LogP contribution in [0.4, 0.5) is 0 Å². The zero-order valence-electron chi connectivity index (χ0n) is 8.42. The fourth-order valence-corrected chi connectivity index (χ4v) is 2.09. The minimum absolute atomic E-state index is 0.749. The highest BCUT2D eigenvalue weighted by molar-refractivity contribution is 4.74. The van der Waals surface area contributed by atoms with Crippen molar-refractivity contribution in [1.29, 1.82) is 0 Å². The van der Waals surface area contributed by atoms with Gasteiger partial charge in [0.25, 0.3) is 0 Å². The summed E-state index contributed by atoms with van der Waals surface area (Å²) in [6.07, 6.45) is 4.14. The van der Waals surface area contributed by atoms with E-state index < -0.39 is 0 Å². The minimum Gasteiger partial charge on any atom is -0.329 e. The van der Waals surface area contributed by atoms with Crippen LogP contribution >= 0.6 is 0 Å². The van der Waals surface area contributed by atoms with E-state index in [-0.39, 0.29) is 0 Å². The summed E-state index contributed by atoms with van der Waals surface area (Å²) in [6.45, 7) is 7.80. The molecule has 0 bridgehead atoms. The van der Waals surface area contributed by atoms with Gasteiger partial charge in [-0.3, -0.25) is 4.90 Å². The number of hydrogen-bond donors (Lipinski definition) is 1. The van der Waals surface area contributed by atoms with Gasteiger partial charge in [-0.15, -0.1) is 0 Å². The first-order valence-electron chi connectivity index (χ1n) is 5.18. The Morgan fingerprint density at radius 3 is 2.75 bits per heavy atom. The Bertz CT molecular complexity index is 125. The van der Waals surface area contributed by atoms with Crippen molar-refractivity contribution in [2.75, 3.05) is 19.6 Å². The van der Waals surface area contributed by atoms with Gasteiger partial charge in [0.2, 0.25) is 0 Å². The molecule has 72 valence electrons. The molecule has 0 saturated carbocycles. The molecule has 0 aromatic carbocycles. The summed E-state index contributed by atoms with van der Waals surface area (Å²) in [5.74, 6) is 0.862. The average Bonchev–Trinajstić information content (AvgIpc) is 2.16. The summed E-state index contributed by atoms with van der Waals surface area (Å²) >= 11 is 0. The highest BCUT2D eigenvalue weighted by Crippen LogP contribution is 2.19. The van der Waals surface area contributed by atoms with Gasteiger partial charge in [-0.2, -0.15) is 0 Å². The van der Waals surface area contributed by atoms with Crippen LogP contribution in [-0.4, -0.2) is 30.6 Å². The quantitative estimate of drug-likeness (QED) is 0.680. The van der Waals surface area contributed by atoms with Gasteiger partial charge in [-0.25, -0.2) is 0 Å². The lowest BCUT2D eigenvalue weighted by molar-refractivity contribution is 0.200. The zero-order chi connectivity index (χ0) is 8.97. The Hall–Kier alpha value is -0.0800. The third-order valence-corrected chi connectivity index (χ3v) is 2.90. The van der Waals surface area contributed by atoms with Crippen molar-refractivity contribution in [3.8, 4) is 0 Å². The van der Waals surface area contributed by atoms with Gasteiger partial charge in [-0.05, 0) is 25.7 Å². The van der Waals surface area contributed by atoms with Gasteiger partial charge in [-0.1, -0.05) is 13.3 Å².